The number of nitrogens with zero attached hydrogens (tertiary/aromatic N) is 3. The van der Waals surface area contributed by atoms with Gasteiger partial charge in [-0.2, -0.15) is 13.2 Å². The largest absolute Gasteiger partial charge is 0.493 e. The quantitative estimate of drug-likeness (QED) is 0.851. The number of alkyl halides is 3. The van der Waals surface area contributed by atoms with Gasteiger partial charge in [-0.05, 0) is 37.1 Å². The smallest absolute Gasteiger partial charge is 0.419 e. The van der Waals surface area contributed by atoms with Crippen LogP contribution in [0.25, 0.3) is 0 Å². The van der Waals surface area contributed by atoms with E-state index in [1.165, 1.54) is 12.3 Å². The minimum absolute atomic E-state index is 0.0126. The van der Waals surface area contributed by atoms with Crippen LogP contribution in [0.3, 0.4) is 0 Å². The molecule has 0 amide bonds. The summed E-state index contributed by atoms with van der Waals surface area (Å²) < 4.78 is 45.2. The fourth-order valence-electron chi connectivity index (χ4n) is 2.91. The Balaban J connectivity index is 1.68. The predicted molar refractivity (Wildman–Crippen MR) is 83.9 cm³/mol. The van der Waals surface area contributed by atoms with Crippen molar-refractivity contribution < 1.29 is 17.9 Å². The summed E-state index contributed by atoms with van der Waals surface area (Å²) in [6, 6.07) is 5.93. The number of anilines is 1. The number of piperidine rings is 1. The molecule has 7 heteroatoms. The van der Waals surface area contributed by atoms with Gasteiger partial charge in [-0.15, -0.1) is 0 Å². The normalized spacial score (nSPS) is 18.5. The molecule has 24 heavy (non-hydrogen) atoms. The summed E-state index contributed by atoms with van der Waals surface area (Å²) in [5.74, 6) is 0.893. The summed E-state index contributed by atoms with van der Waals surface area (Å²) in [5, 5.41) is 0. The molecule has 0 spiro atoms. The molecule has 3 heterocycles. The Morgan fingerprint density at radius 3 is 2.71 bits per heavy atom. The van der Waals surface area contributed by atoms with Gasteiger partial charge in [0.1, 0.15) is 11.6 Å². The van der Waals surface area contributed by atoms with Crippen LogP contribution in [0, 0.1) is 5.92 Å². The third-order valence-electron chi connectivity index (χ3n) is 4.05. The molecular weight excluding hydrogens is 319 g/mol. The van der Waals surface area contributed by atoms with Gasteiger partial charge in [0.15, 0.2) is 0 Å². The fourth-order valence-corrected chi connectivity index (χ4v) is 2.91. The molecular formula is C17H18F3N3O. The van der Waals surface area contributed by atoms with Gasteiger partial charge in [0.25, 0.3) is 0 Å². The average molecular weight is 337 g/mol. The maximum Gasteiger partial charge on any atom is 0.419 e. The Labute approximate surface area is 138 Å². The Hall–Kier alpha value is -2.31. The van der Waals surface area contributed by atoms with E-state index in [0.717, 1.165) is 24.7 Å². The van der Waals surface area contributed by atoms with Gasteiger partial charge in [-0.3, -0.25) is 4.98 Å². The van der Waals surface area contributed by atoms with Crippen LogP contribution in [0.2, 0.25) is 0 Å². The van der Waals surface area contributed by atoms with Crippen molar-refractivity contribution in [3.8, 4) is 5.75 Å². The molecule has 2 aromatic heterocycles. The van der Waals surface area contributed by atoms with Crippen molar-refractivity contribution in [1.82, 2.24) is 9.97 Å². The Morgan fingerprint density at radius 1 is 1.17 bits per heavy atom. The van der Waals surface area contributed by atoms with Gasteiger partial charge < -0.3 is 9.64 Å². The molecule has 0 aliphatic carbocycles. The topological polar surface area (TPSA) is 38.2 Å². The van der Waals surface area contributed by atoms with Crippen LogP contribution >= 0.6 is 0 Å². The molecule has 1 saturated heterocycles. The highest BCUT2D eigenvalue weighted by molar-refractivity contribution is 5.48. The van der Waals surface area contributed by atoms with E-state index in [4.69, 9.17) is 4.74 Å². The zero-order chi connectivity index (χ0) is 17.0. The van der Waals surface area contributed by atoms with Gasteiger partial charge in [0.05, 0.1) is 12.2 Å². The molecule has 1 aliphatic heterocycles. The molecule has 0 radical (unpaired) electrons. The molecule has 1 unspecified atom stereocenters. The van der Waals surface area contributed by atoms with E-state index in [9.17, 15) is 13.2 Å². The van der Waals surface area contributed by atoms with Gasteiger partial charge in [0, 0.05) is 37.6 Å². The number of ether oxygens (including phenoxy) is 1. The number of hydrogen-bond acceptors (Lipinski definition) is 4. The molecule has 2 aromatic rings. The van der Waals surface area contributed by atoms with Gasteiger partial charge in [-0.1, -0.05) is 0 Å². The number of halogens is 3. The Bertz CT molecular complexity index is 664. The van der Waals surface area contributed by atoms with Crippen LogP contribution in [0.15, 0.2) is 42.9 Å². The van der Waals surface area contributed by atoms with Crippen LogP contribution < -0.4 is 9.64 Å². The number of hydrogen-bond donors (Lipinski definition) is 0. The standard InChI is InChI=1S/C17H18F3N3O/c18-17(19,20)15-4-1-7-22-16(15)23-10-2-3-13(11-23)12-24-14-5-8-21-9-6-14/h1,4-9,13H,2-3,10-12H2. The third kappa shape index (κ3) is 3.96. The summed E-state index contributed by atoms with van der Waals surface area (Å²) in [5.41, 5.74) is -0.680. The third-order valence-corrected chi connectivity index (χ3v) is 4.05. The summed E-state index contributed by atoms with van der Waals surface area (Å²) in [4.78, 5) is 9.62. The number of pyridine rings is 2. The van der Waals surface area contributed by atoms with Crippen molar-refractivity contribution in [3.05, 3.63) is 48.4 Å². The lowest BCUT2D eigenvalue weighted by Crippen LogP contribution is -2.39. The van der Waals surface area contributed by atoms with Crippen molar-refractivity contribution >= 4 is 5.82 Å². The average Bonchev–Trinajstić information content (AvgIpc) is 2.60. The first-order chi connectivity index (χ1) is 11.5. The molecule has 4 nitrogen and oxygen atoms in total. The molecule has 1 aliphatic rings. The lowest BCUT2D eigenvalue weighted by Gasteiger charge is -2.34. The minimum Gasteiger partial charge on any atom is -0.493 e. The van der Waals surface area contributed by atoms with E-state index >= 15 is 0 Å². The maximum atomic E-state index is 13.2. The van der Waals surface area contributed by atoms with Crippen LogP contribution in [-0.4, -0.2) is 29.7 Å². The Morgan fingerprint density at radius 2 is 1.96 bits per heavy atom. The second-order valence-electron chi connectivity index (χ2n) is 5.82. The highest BCUT2D eigenvalue weighted by Gasteiger charge is 2.36. The van der Waals surface area contributed by atoms with Gasteiger partial charge in [-0.25, -0.2) is 4.98 Å². The summed E-state index contributed by atoms with van der Waals surface area (Å²) >= 11 is 0. The second kappa shape index (κ2) is 7.07. The maximum absolute atomic E-state index is 13.2. The van der Waals surface area contributed by atoms with Crippen molar-refractivity contribution in [1.29, 1.82) is 0 Å². The van der Waals surface area contributed by atoms with Crippen molar-refractivity contribution in [3.63, 3.8) is 0 Å². The van der Waals surface area contributed by atoms with Crippen molar-refractivity contribution in [2.75, 3.05) is 24.6 Å². The lowest BCUT2D eigenvalue weighted by atomic mass is 9.98. The molecule has 128 valence electrons. The monoisotopic (exact) mass is 337 g/mol. The Kier molecular flexibility index (Phi) is 4.87. The molecule has 0 bridgehead atoms. The second-order valence-corrected chi connectivity index (χ2v) is 5.82. The van der Waals surface area contributed by atoms with Crippen LogP contribution in [-0.2, 0) is 6.18 Å². The number of aromatic nitrogens is 2. The summed E-state index contributed by atoms with van der Waals surface area (Å²) in [6.07, 6.45) is 2.04. The highest BCUT2D eigenvalue weighted by atomic mass is 19.4. The van der Waals surface area contributed by atoms with E-state index in [0.29, 0.717) is 19.7 Å². The molecule has 0 saturated carbocycles. The van der Waals surface area contributed by atoms with E-state index in [2.05, 4.69) is 9.97 Å². The first-order valence-corrected chi connectivity index (χ1v) is 7.84. The first kappa shape index (κ1) is 16.5. The summed E-state index contributed by atoms with van der Waals surface area (Å²) in [6.45, 7) is 1.55. The lowest BCUT2D eigenvalue weighted by molar-refractivity contribution is -0.137. The highest BCUT2D eigenvalue weighted by Crippen LogP contribution is 2.36. The predicted octanol–water partition coefficient (Wildman–Crippen LogP) is 3.79. The summed E-state index contributed by atoms with van der Waals surface area (Å²) in [7, 11) is 0. The number of rotatable bonds is 4. The van der Waals surface area contributed by atoms with E-state index in [-0.39, 0.29) is 11.7 Å². The molecule has 1 atom stereocenters. The van der Waals surface area contributed by atoms with Crippen LogP contribution in [0.4, 0.5) is 19.0 Å². The van der Waals surface area contributed by atoms with Crippen LogP contribution in [0.1, 0.15) is 18.4 Å². The zero-order valence-corrected chi connectivity index (χ0v) is 13.0. The van der Waals surface area contributed by atoms with E-state index in [1.807, 2.05) is 0 Å². The first-order valence-electron chi connectivity index (χ1n) is 7.84. The molecule has 0 aromatic carbocycles. The molecule has 0 N–H and O–H groups in total. The molecule has 3 rings (SSSR count). The van der Waals surface area contributed by atoms with Crippen molar-refractivity contribution in [2.24, 2.45) is 5.92 Å². The van der Waals surface area contributed by atoms with Crippen LogP contribution in [0.5, 0.6) is 5.75 Å². The van der Waals surface area contributed by atoms with E-state index in [1.54, 1.807) is 29.4 Å². The minimum atomic E-state index is -4.40. The van der Waals surface area contributed by atoms with Gasteiger partial charge in [0.2, 0.25) is 0 Å². The SMILES string of the molecule is FC(F)(F)c1cccnc1N1CCCC(COc2ccncc2)C1. The fraction of sp³-hybridized carbons (Fsp3) is 0.412. The zero-order valence-electron chi connectivity index (χ0n) is 13.0. The molecule has 1 fully saturated rings. The van der Waals surface area contributed by atoms with Gasteiger partial charge >= 0.3 is 6.18 Å². The van der Waals surface area contributed by atoms with E-state index < -0.39 is 11.7 Å². The van der Waals surface area contributed by atoms with Crippen molar-refractivity contribution in [2.45, 2.75) is 19.0 Å².